The van der Waals surface area contributed by atoms with E-state index in [4.69, 9.17) is 5.11 Å². The molecule has 0 bridgehead atoms. The maximum Gasteiger partial charge on any atom is 0.308 e. The summed E-state index contributed by atoms with van der Waals surface area (Å²) in [5.41, 5.74) is 0. The van der Waals surface area contributed by atoms with Gasteiger partial charge in [0.15, 0.2) is 0 Å². The van der Waals surface area contributed by atoms with Crippen molar-refractivity contribution < 1.29 is 14.7 Å². The molecule has 0 aromatic carbocycles. The average Bonchev–Trinajstić information content (AvgIpc) is 2.85. The molecule has 0 spiro atoms. The minimum absolute atomic E-state index is 0.0684. The SMILES string of the molecule is CCN(CC(C)C(=O)O)C(=O)CCn1ccnn1. The quantitative estimate of drug-likeness (QED) is 0.752. The topological polar surface area (TPSA) is 88.3 Å². The predicted molar refractivity (Wildman–Crippen MR) is 63.7 cm³/mol. The maximum atomic E-state index is 11.9. The van der Waals surface area contributed by atoms with Gasteiger partial charge in [-0.15, -0.1) is 5.10 Å². The second-order valence-corrected chi connectivity index (χ2v) is 4.09. The number of aromatic nitrogens is 3. The maximum absolute atomic E-state index is 11.9. The summed E-state index contributed by atoms with van der Waals surface area (Å²) < 4.78 is 1.58. The number of amides is 1. The molecule has 1 rings (SSSR count). The minimum Gasteiger partial charge on any atom is -0.481 e. The highest BCUT2D eigenvalue weighted by molar-refractivity contribution is 5.77. The Labute approximate surface area is 105 Å². The van der Waals surface area contributed by atoms with Crippen LogP contribution in [-0.2, 0) is 16.1 Å². The molecule has 1 heterocycles. The molecule has 1 aromatic heterocycles. The van der Waals surface area contributed by atoms with Crippen LogP contribution >= 0.6 is 0 Å². The van der Waals surface area contributed by atoms with Gasteiger partial charge >= 0.3 is 5.97 Å². The van der Waals surface area contributed by atoms with Gasteiger partial charge in [-0.25, -0.2) is 0 Å². The van der Waals surface area contributed by atoms with E-state index in [9.17, 15) is 9.59 Å². The lowest BCUT2D eigenvalue weighted by molar-refractivity contribution is -0.143. The summed E-state index contributed by atoms with van der Waals surface area (Å²) in [5.74, 6) is -1.51. The molecular formula is C11H18N4O3. The number of carboxylic acid groups (broad SMARTS) is 1. The van der Waals surface area contributed by atoms with Crippen LogP contribution in [0.3, 0.4) is 0 Å². The van der Waals surface area contributed by atoms with Crippen molar-refractivity contribution in [3.63, 3.8) is 0 Å². The monoisotopic (exact) mass is 254 g/mol. The smallest absolute Gasteiger partial charge is 0.308 e. The largest absolute Gasteiger partial charge is 0.481 e. The van der Waals surface area contributed by atoms with Gasteiger partial charge in [0.05, 0.1) is 18.7 Å². The van der Waals surface area contributed by atoms with Crippen molar-refractivity contribution in [2.45, 2.75) is 26.8 Å². The molecule has 1 atom stereocenters. The first-order valence-corrected chi connectivity index (χ1v) is 5.89. The number of rotatable bonds is 7. The molecule has 7 heteroatoms. The molecule has 1 unspecified atom stereocenters. The summed E-state index contributed by atoms with van der Waals surface area (Å²) in [6, 6.07) is 0. The third-order valence-electron chi connectivity index (χ3n) is 2.68. The molecule has 100 valence electrons. The van der Waals surface area contributed by atoms with Crippen LogP contribution in [0, 0.1) is 5.92 Å². The first-order chi connectivity index (χ1) is 8.54. The zero-order chi connectivity index (χ0) is 13.5. The molecule has 0 aliphatic heterocycles. The normalized spacial score (nSPS) is 12.1. The van der Waals surface area contributed by atoms with Gasteiger partial charge < -0.3 is 10.0 Å². The van der Waals surface area contributed by atoms with Crippen molar-refractivity contribution in [3.8, 4) is 0 Å². The summed E-state index contributed by atoms with van der Waals surface area (Å²) in [6.45, 7) is 4.63. The van der Waals surface area contributed by atoms with Gasteiger partial charge in [0, 0.05) is 25.7 Å². The summed E-state index contributed by atoms with van der Waals surface area (Å²) in [4.78, 5) is 24.2. The summed E-state index contributed by atoms with van der Waals surface area (Å²) >= 11 is 0. The van der Waals surface area contributed by atoms with E-state index in [1.54, 1.807) is 28.9 Å². The average molecular weight is 254 g/mol. The lowest BCUT2D eigenvalue weighted by atomic mass is 10.1. The van der Waals surface area contributed by atoms with Crippen molar-refractivity contribution >= 4 is 11.9 Å². The first-order valence-electron chi connectivity index (χ1n) is 5.89. The van der Waals surface area contributed by atoms with Crippen LogP contribution in [0.15, 0.2) is 12.4 Å². The van der Waals surface area contributed by atoms with Gasteiger partial charge in [0.1, 0.15) is 0 Å². The van der Waals surface area contributed by atoms with Crippen LogP contribution in [0.5, 0.6) is 0 Å². The van der Waals surface area contributed by atoms with Crippen molar-refractivity contribution in [1.82, 2.24) is 19.9 Å². The van der Waals surface area contributed by atoms with Gasteiger partial charge in [-0.1, -0.05) is 12.1 Å². The Bertz CT molecular complexity index is 391. The summed E-state index contributed by atoms with van der Waals surface area (Å²) in [7, 11) is 0. The molecule has 0 fully saturated rings. The molecule has 1 amide bonds. The van der Waals surface area contributed by atoms with Crippen LogP contribution in [0.2, 0.25) is 0 Å². The number of carbonyl (C=O) groups is 2. The molecule has 0 saturated carbocycles. The number of nitrogens with zero attached hydrogens (tertiary/aromatic N) is 4. The fraction of sp³-hybridized carbons (Fsp3) is 0.636. The Morgan fingerprint density at radius 1 is 1.50 bits per heavy atom. The zero-order valence-corrected chi connectivity index (χ0v) is 10.6. The Kier molecular flexibility index (Phi) is 5.29. The number of aryl methyl sites for hydroxylation is 1. The molecule has 0 radical (unpaired) electrons. The lowest BCUT2D eigenvalue weighted by Crippen LogP contribution is -2.37. The highest BCUT2D eigenvalue weighted by atomic mass is 16.4. The highest BCUT2D eigenvalue weighted by Crippen LogP contribution is 2.03. The fourth-order valence-corrected chi connectivity index (χ4v) is 1.54. The highest BCUT2D eigenvalue weighted by Gasteiger charge is 2.18. The van der Waals surface area contributed by atoms with Gasteiger partial charge in [-0.2, -0.15) is 0 Å². The second-order valence-electron chi connectivity index (χ2n) is 4.09. The lowest BCUT2D eigenvalue weighted by Gasteiger charge is -2.22. The molecule has 7 nitrogen and oxygen atoms in total. The van der Waals surface area contributed by atoms with Crippen LogP contribution in [0.25, 0.3) is 0 Å². The first kappa shape index (κ1) is 14.1. The standard InChI is InChI=1S/C11H18N4O3/c1-3-14(8-9(2)11(17)18)10(16)4-6-15-7-5-12-13-15/h5,7,9H,3-4,6,8H2,1-2H3,(H,17,18). The van der Waals surface area contributed by atoms with E-state index in [1.807, 2.05) is 6.92 Å². The minimum atomic E-state index is -0.891. The number of aliphatic carboxylic acids is 1. The molecule has 18 heavy (non-hydrogen) atoms. The van der Waals surface area contributed by atoms with Gasteiger partial charge in [-0.05, 0) is 6.92 Å². The van der Waals surface area contributed by atoms with Crippen molar-refractivity contribution in [1.29, 1.82) is 0 Å². The third kappa shape index (κ3) is 4.15. The summed E-state index contributed by atoms with van der Waals surface area (Å²) in [6.07, 6.45) is 3.53. The van der Waals surface area contributed by atoms with Crippen molar-refractivity contribution in [3.05, 3.63) is 12.4 Å². The van der Waals surface area contributed by atoms with Crippen LogP contribution in [0.1, 0.15) is 20.3 Å². The number of carbonyl (C=O) groups excluding carboxylic acids is 1. The molecule has 0 aliphatic carbocycles. The van der Waals surface area contributed by atoms with E-state index < -0.39 is 11.9 Å². The van der Waals surface area contributed by atoms with E-state index in [-0.39, 0.29) is 12.5 Å². The van der Waals surface area contributed by atoms with Crippen LogP contribution < -0.4 is 0 Å². The predicted octanol–water partition coefficient (Wildman–Crippen LogP) is 0.237. The molecule has 1 N–H and O–H groups in total. The van der Waals surface area contributed by atoms with Gasteiger partial charge in [0.25, 0.3) is 0 Å². The third-order valence-corrected chi connectivity index (χ3v) is 2.68. The Hall–Kier alpha value is -1.92. The molecule has 0 saturated heterocycles. The van der Waals surface area contributed by atoms with Gasteiger partial charge in [-0.3, -0.25) is 14.3 Å². The molecule has 1 aromatic rings. The Morgan fingerprint density at radius 3 is 2.72 bits per heavy atom. The summed E-state index contributed by atoms with van der Waals surface area (Å²) in [5, 5.41) is 16.2. The van der Waals surface area contributed by atoms with Crippen molar-refractivity contribution in [2.75, 3.05) is 13.1 Å². The fourth-order valence-electron chi connectivity index (χ4n) is 1.54. The van der Waals surface area contributed by atoms with E-state index >= 15 is 0 Å². The van der Waals surface area contributed by atoms with Crippen LogP contribution in [-0.4, -0.2) is 50.0 Å². The Morgan fingerprint density at radius 2 is 2.22 bits per heavy atom. The molecule has 0 aliphatic rings. The molecular weight excluding hydrogens is 236 g/mol. The second kappa shape index (κ2) is 6.73. The van der Waals surface area contributed by atoms with E-state index in [0.717, 1.165) is 0 Å². The van der Waals surface area contributed by atoms with E-state index in [1.165, 1.54) is 0 Å². The van der Waals surface area contributed by atoms with E-state index in [0.29, 0.717) is 19.5 Å². The van der Waals surface area contributed by atoms with Crippen molar-refractivity contribution in [2.24, 2.45) is 5.92 Å². The van der Waals surface area contributed by atoms with Crippen LogP contribution in [0.4, 0.5) is 0 Å². The van der Waals surface area contributed by atoms with Gasteiger partial charge in [0.2, 0.25) is 5.91 Å². The zero-order valence-electron chi connectivity index (χ0n) is 10.6. The number of carboxylic acids is 1. The number of hydrogen-bond donors (Lipinski definition) is 1. The Balaban J connectivity index is 2.44. The van der Waals surface area contributed by atoms with E-state index in [2.05, 4.69) is 10.3 Å². The number of hydrogen-bond acceptors (Lipinski definition) is 4.